The van der Waals surface area contributed by atoms with Crippen LogP contribution in [0.4, 0.5) is 5.69 Å². The third-order valence-electron chi connectivity index (χ3n) is 5.69. The summed E-state index contributed by atoms with van der Waals surface area (Å²) in [6.07, 6.45) is 4.80. The number of nitrogens with zero attached hydrogens (tertiary/aromatic N) is 1. The molecule has 1 aromatic rings. The highest BCUT2D eigenvalue weighted by Crippen LogP contribution is 2.52. The Kier molecular flexibility index (Phi) is 4.71. The smallest absolute Gasteiger partial charge is 0.329 e. The summed E-state index contributed by atoms with van der Waals surface area (Å²) >= 11 is 5.85. The van der Waals surface area contributed by atoms with Gasteiger partial charge in [-0.05, 0) is 43.4 Å². The van der Waals surface area contributed by atoms with Crippen LogP contribution in [0.1, 0.15) is 13.3 Å². The van der Waals surface area contributed by atoms with Crippen LogP contribution in [0, 0.1) is 23.7 Å². The van der Waals surface area contributed by atoms with Gasteiger partial charge in [-0.2, -0.15) is 0 Å². The van der Waals surface area contributed by atoms with E-state index in [2.05, 4.69) is 5.32 Å². The maximum atomic E-state index is 12.7. The molecule has 146 valence electrons. The number of carbonyl (C=O) groups is 4. The van der Waals surface area contributed by atoms with Gasteiger partial charge in [-0.15, -0.1) is 0 Å². The lowest BCUT2D eigenvalue weighted by molar-refractivity contribution is -0.159. The number of amides is 3. The lowest BCUT2D eigenvalue weighted by Gasteiger charge is -2.23. The standard InChI is InChI=1S/C20H19ClN2O5/c1-10(20(27)28-9-15(24)22-14-4-2-3-13(21)8-14)23-18(25)16-11-5-6-12(7-11)17(16)19(23)26/h2-6,8,10-12,16-17H,7,9H2,1H3,(H,22,24)/t10-,11+,12+,16-,17-/m1/s1. The summed E-state index contributed by atoms with van der Waals surface area (Å²) < 4.78 is 5.02. The largest absolute Gasteiger partial charge is 0.454 e. The molecule has 0 unspecified atom stereocenters. The van der Waals surface area contributed by atoms with Gasteiger partial charge in [0.25, 0.3) is 5.91 Å². The van der Waals surface area contributed by atoms with Gasteiger partial charge in [0.05, 0.1) is 11.8 Å². The monoisotopic (exact) mass is 402 g/mol. The number of esters is 1. The van der Waals surface area contributed by atoms with Gasteiger partial charge in [0.2, 0.25) is 11.8 Å². The Balaban J connectivity index is 1.34. The molecule has 2 fully saturated rings. The molecule has 8 heteroatoms. The Morgan fingerprint density at radius 3 is 2.46 bits per heavy atom. The number of anilines is 1. The number of rotatable bonds is 5. The maximum Gasteiger partial charge on any atom is 0.329 e. The SMILES string of the molecule is C[C@H](C(=O)OCC(=O)Nc1cccc(Cl)c1)N1C(=O)[C@H]2[C@H](C1=O)[C@H]1C=C[C@H]2C1. The van der Waals surface area contributed by atoms with E-state index in [-0.39, 0.29) is 35.5 Å². The van der Waals surface area contributed by atoms with E-state index >= 15 is 0 Å². The van der Waals surface area contributed by atoms with Crippen LogP contribution in [0.3, 0.4) is 0 Å². The highest BCUT2D eigenvalue weighted by Gasteiger charge is 2.60. The van der Waals surface area contributed by atoms with E-state index in [0.29, 0.717) is 10.7 Å². The zero-order valence-corrected chi connectivity index (χ0v) is 15.9. The summed E-state index contributed by atoms with van der Waals surface area (Å²) in [7, 11) is 0. The van der Waals surface area contributed by atoms with Crippen molar-refractivity contribution >= 4 is 41.0 Å². The van der Waals surface area contributed by atoms with E-state index in [9.17, 15) is 19.2 Å². The van der Waals surface area contributed by atoms with Gasteiger partial charge < -0.3 is 10.1 Å². The predicted molar refractivity (Wildman–Crippen MR) is 100 cm³/mol. The fourth-order valence-corrected chi connectivity index (χ4v) is 4.62. The molecule has 5 atom stereocenters. The molecule has 1 aliphatic heterocycles. The fourth-order valence-electron chi connectivity index (χ4n) is 4.43. The van der Waals surface area contributed by atoms with Crippen molar-refractivity contribution in [2.24, 2.45) is 23.7 Å². The summed E-state index contributed by atoms with van der Waals surface area (Å²) in [6, 6.07) is 5.49. The summed E-state index contributed by atoms with van der Waals surface area (Å²) in [4.78, 5) is 50.8. The van der Waals surface area contributed by atoms with Gasteiger partial charge in [-0.1, -0.05) is 29.8 Å². The molecular weight excluding hydrogens is 384 g/mol. The van der Waals surface area contributed by atoms with Crippen molar-refractivity contribution in [1.82, 2.24) is 4.90 Å². The van der Waals surface area contributed by atoms with E-state index in [1.165, 1.54) is 6.92 Å². The summed E-state index contributed by atoms with van der Waals surface area (Å²) in [5.41, 5.74) is 0.474. The van der Waals surface area contributed by atoms with Crippen molar-refractivity contribution in [1.29, 1.82) is 0 Å². The van der Waals surface area contributed by atoms with Crippen LogP contribution in [-0.4, -0.2) is 41.2 Å². The second kappa shape index (κ2) is 7.05. The van der Waals surface area contributed by atoms with Crippen molar-refractivity contribution in [2.75, 3.05) is 11.9 Å². The molecule has 28 heavy (non-hydrogen) atoms. The average molecular weight is 403 g/mol. The number of hydrogen-bond donors (Lipinski definition) is 1. The third-order valence-corrected chi connectivity index (χ3v) is 5.92. The van der Waals surface area contributed by atoms with E-state index in [1.807, 2.05) is 12.2 Å². The fraction of sp³-hybridized carbons (Fsp3) is 0.400. The summed E-state index contributed by atoms with van der Waals surface area (Å²) in [5, 5.41) is 3.02. The number of benzene rings is 1. The Labute approximate surface area is 166 Å². The third kappa shape index (κ3) is 3.09. The highest BCUT2D eigenvalue weighted by atomic mass is 35.5. The molecule has 3 aliphatic rings. The topological polar surface area (TPSA) is 92.8 Å². The van der Waals surface area contributed by atoms with E-state index in [0.717, 1.165) is 11.3 Å². The first kappa shape index (κ1) is 18.7. The van der Waals surface area contributed by atoms with Crippen molar-refractivity contribution in [3.8, 4) is 0 Å². The summed E-state index contributed by atoms with van der Waals surface area (Å²) in [5.74, 6) is -2.57. The molecule has 0 aromatic heterocycles. The van der Waals surface area contributed by atoms with Crippen molar-refractivity contribution in [3.63, 3.8) is 0 Å². The lowest BCUT2D eigenvalue weighted by Crippen LogP contribution is -2.45. The first-order chi connectivity index (χ1) is 13.4. The summed E-state index contributed by atoms with van der Waals surface area (Å²) in [6.45, 7) is 0.926. The number of imide groups is 1. The minimum Gasteiger partial charge on any atom is -0.454 e. The van der Waals surface area contributed by atoms with Gasteiger partial charge in [0.1, 0.15) is 6.04 Å². The van der Waals surface area contributed by atoms with Gasteiger partial charge >= 0.3 is 5.97 Å². The van der Waals surface area contributed by atoms with Crippen molar-refractivity contribution < 1.29 is 23.9 Å². The molecule has 3 amide bonds. The van der Waals surface area contributed by atoms with E-state index < -0.39 is 24.5 Å². The minimum absolute atomic E-state index is 0.0724. The number of nitrogens with one attached hydrogen (secondary N) is 1. The number of likely N-dealkylation sites (tertiary alicyclic amines) is 1. The minimum atomic E-state index is -1.07. The first-order valence-corrected chi connectivity index (χ1v) is 9.52. The Morgan fingerprint density at radius 1 is 1.21 bits per heavy atom. The highest BCUT2D eigenvalue weighted by molar-refractivity contribution is 6.30. The normalized spacial score (nSPS) is 28.4. The zero-order chi connectivity index (χ0) is 20.0. The van der Waals surface area contributed by atoms with Crippen LogP contribution in [0.25, 0.3) is 0 Å². The van der Waals surface area contributed by atoms with Gasteiger partial charge in [0, 0.05) is 10.7 Å². The van der Waals surface area contributed by atoms with Gasteiger partial charge in [-0.25, -0.2) is 4.79 Å². The zero-order valence-electron chi connectivity index (χ0n) is 15.1. The second-order valence-corrected chi connectivity index (χ2v) is 7.82. The van der Waals surface area contributed by atoms with Crippen LogP contribution >= 0.6 is 11.6 Å². The van der Waals surface area contributed by atoms with Crippen LogP contribution in [0.2, 0.25) is 5.02 Å². The molecule has 1 aromatic carbocycles. The van der Waals surface area contributed by atoms with Crippen LogP contribution < -0.4 is 5.32 Å². The quantitative estimate of drug-likeness (QED) is 0.462. The molecule has 2 bridgehead atoms. The number of halogens is 1. The van der Waals surface area contributed by atoms with Crippen molar-refractivity contribution in [3.05, 3.63) is 41.4 Å². The Morgan fingerprint density at radius 2 is 1.86 bits per heavy atom. The molecule has 2 aliphatic carbocycles. The molecule has 1 N–H and O–H groups in total. The number of hydrogen-bond acceptors (Lipinski definition) is 5. The molecule has 1 heterocycles. The molecule has 0 radical (unpaired) electrons. The Hall–Kier alpha value is -2.67. The number of fused-ring (bicyclic) bond motifs is 5. The lowest BCUT2D eigenvalue weighted by atomic mass is 9.85. The molecule has 4 rings (SSSR count). The number of allylic oxidation sites excluding steroid dienone is 2. The Bertz CT molecular complexity index is 868. The molecule has 1 saturated carbocycles. The van der Waals surface area contributed by atoms with Gasteiger partial charge in [0.15, 0.2) is 6.61 Å². The molecule has 7 nitrogen and oxygen atoms in total. The molecule has 1 saturated heterocycles. The maximum absolute atomic E-state index is 12.7. The van der Waals surface area contributed by atoms with Crippen LogP contribution in [0.5, 0.6) is 0 Å². The average Bonchev–Trinajstić information content (AvgIpc) is 3.33. The van der Waals surface area contributed by atoms with Crippen LogP contribution in [-0.2, 0) is 23.9 Å². The number of carbonyl (C=O) groups excluding carboxylic acids is 4. The van der Waals surface area contributed by atoms with E-state index in [4.69, 9.17) is 16.3 Å². The first-order valence-electron chi connectivity index (χ1n) is 9.14. The molecule has 0 spiro atoms. The second-order valence-electron chi connectivity index (χ2n) is 7.39. The number of ether oxygens (including phenoxy) is 1. The van der Waals surface area contributed by atoms with Gasteiger partial charge in [-0.3, -0.25) is 19.3 Å². The predicted octanol–water partition coefficient (Wildman–Crippen LogP) is 2.02. The van der Waals surface area contributed by atoms with Crippen LogP contribution in [0.15, 0.2) is 36.4 Å². The van der Waals surface area contributed by atoms with Crippen molar-refractivity contribution in [2.45, 2.75) is 19.4 Å². The van der Waals surface area contributed by atoms with E-state index in [1.54, 1.807) is 24.3 Å². The molecular formula is C20H19ClN2O5.